The van der Waals surface area contributed by atoms with Crippen LogP contribution in [-0.4, -0.2) is 16.5 Å². The monoisotopic (exact) mass is 234 g/mol. The van der Waals surface area contributed by atoms with Gasteiger partial charge >= 0.3 is 5.69 Å². The Bertz CT molecular complexity index is 553. The van der Waals surface area contributed by atoms with Gasteiger partial charge in [-0.3, -0.25) is 0 Å². The lowest BCUT2D eigenvalue weighted by molar-refractivity contribution is 0.428. The largest absolute Gasteiger partial charge is 0.330 e. The van der Waals surface area contributed by atoms with E-state index in [1.165, 1.54) is 0 Å². The van der Waals surface area contributed by atoms with Gasteiger partial charge in [-0.15, -0.1) is 0 Å². The minimum absolute atomic E-state index is 0.0900. The molecular formula is C12H18N4O. The van der Waals surface area contributed by atoms with Gasteiger partial charge in [0.2, 0.25) is 0 Å². The van der Waals surface area contributed by atoms with Crippen LogP contribution >= 0.6 is 0 Å². The number of nitrogens with two attached hydrogens (primary N) is 2. The zero-order chi connectivity index (χ0) is 12.4. The summed E-state index contributed by atoms with van der Waals surface area (Å²) in [5.41, 5.74) is 14.3. The van der Waals surface area contributed by atoms with Crippen molar-refractivity contribution in [2.75, 3.05) is 6.54 Å². The summed E-state index contributed by atoms with van der Waals surface area (Å²) in [4.78, 5) is 16.6. The second kappa shape index (κ2) is 4.73. The summed E-state index contributed by atoms with van der Waals surface area (Å²) >= 11 is 0. The molecule has 6 N–H and O–H groups in total. The minimum Gasteiger partial charge on any atom is -0.330 e. The summed E-state index contributed by atoms with van der Waals surface area (Å²) in [5, 5.41) is 0. The highest BCUT2D eigenvalue weighted by atomic mass is 16.1. The van der Waals surface area contributed by atoms with Crippen LogP contribution in [0.3, 0.4) is 0 Å². The first-order valence-corrected chi connectivity index (χ1v) is 5.83. The maximum absolute atomic E-state index is 11.2. The first-order chi connectivity index (χ1) is 8.15. The molecule has 0 radical (unpaired) electrons. The summed E-state index contributed by atoms with van der Waals surface area (Å²) in [6.45, 7) is 2.65. The third-order valence-electron chi connectivity index (χ3n) is 3.26. The summed E-state index contributed by atoms with van der Waals surface area (Å²) in [5.74, 6) is 0.262. The molecule has 0 saturated carbocycles. The number of aromatic amines is 2. The maximum Gasteiger partial charge on any atom is 0.323 e. The fourth-order valence-corrected chi connectivity index (χ4v) is 2.10. The zero-order valence-corrected chi connectivity index (χ0v) is 9.86. The van der Waals surface area contributed by atoms with Crippen molar-refractivity contribution < 1.29 is 0 Å². The summed E-state index contributed by atoms with van der Waals surface area (Å²) in [6.07, 6.45) is 0.944. The SMILES string of the molecule is CCC(CN)C(N)c1ccc2[nH]c(=O)[nH]c2c1. The van der Waals surface area contributed by atoms with Gasteiger partial charge in [-0.25, -0.2) is 4.79 Å². The van der Waals surface area contributed by atoms with Gasteiger partial charge in [-0.05, 0) is 30.2 Å². The topological polar surface area (TPSA) is 101 Å². The Balaban J connectivity index is 2.38. The van der Waals surface area contributed by atoms with Crippen LogP contribution in [0.4, 0.5) is 0 Å². The van der Waals surface area contributed by atoms with Crippen LogP contribution in [-0.2, 0) is 0 Å². The van der Waals surface area contributed by atoms with E-state index in [0.29, 0.717) is 6.54 Å². The Morgan fingerprint density at radius 2 is 2.00 bits per heavy atom. The van der Waals surface area contributed by atoms with Crippen LogP contribution in [0.5, 0.6) is 0 Å². The van der Waals surface area contributed by atoms with Crippen molar-refractivity contribution in [2.45, 2.75) is 19.4 Å². The van der Waals surface area contributed by atoms with E-state index >= 15 is 0 Å². The molecule has 5 nitrogen and oxygen atoms in total. The highest BCUT2D eigenvalue weighted by Crippen LogP contribution is 2.23. The van der Waals surface area contributed by atoms with Gasteiger partial charge in [-0.2, -0.15) is 0 Å². The fraction of sp³-hybridized carbons (Fsp3) is 0.417. The molecule has 0 fully saturated rings. The van der Waals surface area contributed by atoms with Gasteiger partial charge in [-0.1, -0.05) is 19.4 Å². The lowest BCUT2D eigenvalue weighted by Gasteiger charge is -2.21. The van der Waals surface area contributed by atoms with Crippen LogP contribution in [0, 0.1) is 5.92 Å². The lowest BCUT2D eigenvalue weighted by Crippen LogP contribution is -2.27. The van der Waals surface area contributed by atoms with Crippen LogP contribution in [0.1, 0.15) is 24.9 Å². The van der Waals surface area contributed by atoms with Crippen LogP contribution < -0.4 is 17.2 Å². The second-order valence-corrected chi connectivity index (χ2v) is 4.31. The maximum atomic E-state index is 11.2. The van der Waals surface area contributed by atoms with Crippen LogP contribution in [0.25, 0.3) is 11.0 Å². The highest BCUT2D eigenvalue weighted by Gasteiger charge is 2.16. The van der Waals surface area contributed by atoms with E-state index < -0.39 is 0 Å². The highest BCUT2D eigenvalue weighted by molar-refractivity contribution is 5.75. The lowest BCUT2D eigenvalue weighted by atomic mass is 9.91. The number of imidazole rings is 1. The van der Waals surface area contributed by atoms with Gasteiger partial charge in [0.1, 0.15) is 0 Å². The average molecular weight is 234 g/mol. The molecule has 92 valence electrons. The molecule has 2 unspecified atom stereocenters. The van der Waals surface area contributed by atoms with E-state index in [0.717, 1.165) is 23.0 Å². The number of benzene rings is 1. The van der Waals surface area contributed by atoms with E-state index in [1.54, 1.807) is 0 Å². The third kappa shape index (κ3) is 2.25. The second-order valence-electron chi connectivity index (χ2n) is 4.31. The number of hydrogen-bond donors (Lipinski definition) is 4. The van der Waals surface area contributed by atoms with Gasteiger partial charge < -0.3 is 21.4 Å². The van der Waals surface area contributed by atoms with Crippen molar-refractivity contribution in [1.29, 1.82) is 0 Å². The Hall–Kier alpha value is -1.59. The normalized spacial score (nSPS) is 15.0. The van der Waals surface area contributed by atoms with E-state index in [4.69, 9.17) is 11.5 Å². The van der Waals surface area contributed by atoms with Gasteiger partial charge in [0.25, 0.3) is 0 Å². The van der Waals surface area contributed by atoms with Gasteiger partial charge in [0, 0.05) is 6.04 Å². The molecule has 2 rings (SSSR count). The molecule has 0 bridgehead atoms. The molecule has 5 heteroatoms. The average Bonchev–Trinajstić information content (AvgIpc) is 2.69. The number of nitrogens with one attached hydrogen (secondary N) is 2. The number of fused-ring (bicyclic) bond motifs is 1. The molecule has 17 heavy (non-hydrogen) atoms. The Labute approximate surface area is 99.2 Å². The predicted octanol–water partition coefficient (Wildman–Crippen LogP) is 0.841. The quantitative estimate of drug-likeness (QED) is 0.630. The fourth-order valence-electron chi connectivity index (χ4n) is 2.10. The molecule has 1 heterocycles. The van der Waals surface area contributed by atoms with Crippen molar-refractivity contribution in [3.05, 3.63) is 34.2 Å². The zero-order valence-electron chi connectivity index (χ0n) is 9.86. The molecule has 0 aliphatic rings. The van der Waals surface area contributed by atoms with Gasteiger partial charge in [0.15, 0.2) is 0 Å². The van der Waals surface area contributed by atoms with E-state index in [2.05, 4.69) is 16.9 Å². The van der Waals surface area contributed by atoms with E-state index in [-0.39, 0.29) is 17.6 Å². The molecule has 1 aromatic carbocycles. The molecule has 0 amide bonds. The molecule has 0 saturated heterocycles. The molecule has 0 spiro atoms. The van der Waals surface area contributed by atoms with Crippen molar-refractivity contribution in [2.24, 2.45) is 17.4 Å². The minimum atomic E-state index is -0.198. The number of hydrogen-bond acceptors (Lipinski definition) is 3. The summed E-state index contributed by atoms with van der Waals surface area (Å²) in [7, 11) is 0. The van der Waals surface area contributed by atoms with Gasteiger partial charge in [0.05, 0.1) is 11.0 Å². The Morgan fingerprint density at radius 1 is 1.29 bits per heavy atom. The Kier molecular flexibility index (Phi) is 3.31. The molecule has 0 aliphatic carbocycles. The molecule has 2 aromatic rings. The molecular weight excluding hydrogens is 216 g/mol. The Morgan fingerprint density at radius 3 is 2.65 bits per heavy atom. The van der Waals surface area contributed by atoms with Crippen LogP contribution in [0.2, 0.25) is 0 Å². The summed E-state index contributed by atoms with van der Waals surface area (Å²) in [6, 6.07) is 5.63. The first-order valence-electron chi connectivity index (χ1n) is 5.83. The van der Waals surface area contributed by atoms with Crippen LogP contribution in [0.15, 0.2) is 23.0 Å². The predicted molar refractivity (Wildman–Crippen MR) is 68.7 cm³/mol. The van der Waals surface area contributed by atoms with Crippen molar-refractivity contribution >= 4 is 11.0 Å². The smallest absolute Gasteiger partial charge is 0.323 e. The number of aromatic nitrogens is 2. The molecule has 1 aromatic heterocycles. The molecule has 0 aliphatic heterocycles. The van der Waals surface area contributed by atoms with E-state index in [1.807, 2.05) is 18.2 Å². The number of H-pyrrole nitrogens is 2. The first kappa shape index (κ1) is 11.9. The van der Waals surface area contributed by atoms with Crippen molar-refractivity contribution in [3.8, 4) is 0 Å². The summed E-state index contributed by atoms with van der Waals surface area (Å²) < 4.78 is 0. The van der Waals surface area contributed by atoms with E-state index in [9.17, 15) is 4.79 Å². The molecule has 2 atom stereocenters. The number of rotatable bonds is 4. The van der Waals surface area contributed by atoms with Crippen molar-refractivity contribution in [3.63, 3.8) is 0 Å². The third-order valence-corrected chi connectivity index (χ3v) is 3.26. The van der Waals surface area contributed by atoms with Crippen molar-refractivity contribution in [1.82, 2.24) is 9.97 Å². The standard InChI is InChI=1S/C12H18N4O/c1-2-7(6-13)11(14)8-3-4-9-10(5-8)16-12(17)15-9/h3-5,7,11H,2,6,13-14H2,1H3,(H2,15,16,17).